The Morgan fingerprint density at radius 1 is 1.20 bits per heavy atom. The third kappa shape index (κ3) is 4.25. The van der Waals surface area contributed by atoms with Crippen LogP contribution in [0.1, 0.15) is 33.3 Å². The second-order valence-corrected chi connectivity index (χ2v) is 4.84. The van der Waals surface area contributed by atoms with Crippen molar-refractivity contribution in [3.05, 3.63) is 63.6 Å². The third-order valence-electron chi connectivity index (χ3n) is 3.10. The van der Waals surface area contributed by atoms with Gasteiger partial charge in [0.2, 0.25) is 0 Å². The molecule has 1 aromatic heterocycles. The van der Waals surface area contributed by atoms with Crippen molar-refractivity contribution in [3.63, 3.8) is 0 Å². The molecule has 0 fully saturated rings. The topological polar surface area (TPSA) is 88.3 Å². The van der Waals surface area contributed by atoms with Crippen LogP contribution in [0.2, 0.25) is 0 Å². The Hall–Kier alpha value is -3.10. The smallest absolute Gasteiger partial charge is 0.432 e. The summed E-state index contributed by atoms with van der Waals surface area (Å²) >= 11 is 0. The number of esters is 1. The molecule has 0 aliphatic rings. The van der Waals surface area contributed by atoms with Crippen LogP contribution in [-0.4, -0.2) is 23.5 Å². The van der Waals surface area contributed by atoms with Crippen molar-refractivity contribution in [1.29, 1.82) is 0 Å². The number of pyridine rings is 1. The minimum Gasteiger partial charge on any atom is -0.462 e. The van der Waals surface area contributed by atoms with E-state index in [9.17, 15) is 27.6 Å². The Morgan fingerprint density at radius 2 is 1.84 bits per heavy atom. The summed E-state index contributed by atoms with van der Waals surface area (Å²) in [5, 5.41) is 2.18. The summed E-state index contributed by atoms with van der Waals surface area (Å²) in [7, 11) is 0. The first-order valence-corrected chi connectivity index (χ1v) is 7.12. The molecule has 1 heterocycles. The number of nitrogens with one attached hydrogen (secondary N) is 2. The minimum absolute atomic E-state index is 0.152. The van der Waals surface area contributed by atoms with Crippen LogP contribution in [0.5, 0.6) is 0 Å². The second kappa shape index (κ2) is 7.20. The summed E-state index contributed by atoms with van der Waals surface area (Å²) in [6.45, 7) is 1.27. The van der Waals surface area contributed by atoms with Gasteiger partial charge in [-0.15, -0.1) is 0 Å². The van der Waals surface area contributed by atoms with Gasteiger partial charge in [0.1, 0.15) is 11.4 Å². The maximum atomic E-state index is 13.0. The molecule has 0 unspecified atom stereocenters. The van der Waals surface area contributed by atoms with Crippen LogP contribution in [0.4, 0.5) is 18.9 Å². The Bertz CT molecular complexity index is 845. The van der Waals surface area contributed by atoms with E-state index in [-0.39, 0.29) is 12.2 Å². The standard InChI is InChI=1S/C16H13F3N2O4/c1-2-25-15(24)10-8-11(14(23)21-12(10)16(17,18)19)20-13(22)9-6-4-3-5-7-9/h3-8H,2H2,1H3,(H,20,22)(H,21,23). The van der Waals surface area contributed by atoms with Gasteiger partial charge in [-0.3, -0.25) is 9.59 Å². The summed E-state index contributed by atoms with van der Waals surface area (Å²) in [4.78, 5) is 37.3. The Kier molecular flexibility index (Phi) is 5.26. The highest BCUT2D eigenvalue weighted by molar-refractivity contribution is 6.04. The number of hydrogen-bond donors (Lipinski definition) is 2. The molecular weight excluding hydrogens is 341 g/mol. The number of carbonyl (C=O) groups excluding carboxylic acids is 2. The van der Waals surface area contributed by atoms with Crippen molar-refractivity contribution in [2.75, 3.05) is 11.9 Å². The monoisotopic (exact) mass is 354 g/mol. The molecule has 9 heteroatoms. The fraction of sp³-hybridized carbons (Fsp3) is 0.188. The van der Waals surface area contributed by atoms with Crippen LogP contribution < -0.4 is 10.9 Å². The first-order chi connectivity index (χ1) is 11.7. The van der Waals surface area contributed by atoms with Gasteiger partial charge in [-0.05, 0) is 25.1 Å². The molecule has 0 aliphatic heterocycles. The molecule has 2 aromatic rings. The van der Waals surface area contributed by atoms with E-state index in [2.05, 4.69) is 10.1 Å². The molecule has 0 spiro atoms. The summed E-state index contributed by atoms with van der Waals surface area (Å²) in [6.07, 6.45) is -4.97. The van der Waals surface area contributed by atoms with Crippen molar-refractivity contribution in [3.8, 4) is 0 Å². The number of aromatic nitrogens is 1. The highest BCUT2D eigenvalue weighted by Gasteiger charge is 2.38. The number of hydrogen-bond acceptors (Lipinski definition) is 4. The Labute approximate surface area is 139 Å². The zero-order valence-corrected chi connectivity index (χ0v) is 12.9. The molecule has 2 N–H and O–H groups in total. The van der Waals surface area contributed by atoms with E-state index in [1.165, 1.54) is 19.1 Å². The van der Waals surface area contributed by atoms with Crippen LogP contribution in [0.15, 0.2) is 41.2 Å². The highest BCUT2D eigenvalue weighted by atomic mass is 19.4. The predicted molar refractivity (Wildman–Crippen MR) is 82.4 cm³/mol. The fourth-order valence-electron chi connectivity index (χ4n) is 2.00. The maximum absolute atomic E-state index is 13.0. The molecule has 2 rings (SSSR count). The minimum atomic E-state index is -4.97. The van der Waals surface area contributed by atoms with Gasteiger partial charge in [-0.2, -0.15) is 13.2 Å². The normalized spacial score (nSPS) is 11.0. The van der Waals surface area contributed by atoms with Gasteiger partial charge >= 0.3 is 12.1 Å². The van der Waals surface area contributed by atoms with Crippen molar-refractivity contribution < 1.29 is 27.5 Å². The molecule has 25 heavy (non-hydrogen) atoms. The number of ether oxygens (including phenoxy) is 1. The van der Waals surface area contributed by atoms with E-state index in [1.54, 1.807) is 23.2 Å². The molecule has 1 aromatic carbocycles. The number of benzene rings is 1. The largest absolute Gasteiger partial charge is 0.462 e. The zero-order chi connectivity index (χ0) is 18.6. The molecule has 0 saturated heterocycles. The predicted octanol–water partition coefficient (Wildman–Crippen LogP) is 2.82. The van der Waals surface area contributed by atoms with Crippen LogP contribution in [0, 0.1) is 0 Å². The average Bonchev–Trinajstić information content (AvgIpc) is 2.56. The van der Waals surface area contributed by atoms with E-state index in [0.717, 1.165) is 0 Å². The van der Waals surface area contributed by atoms with Crippen molar-refractivity contribution in [2.24, 2.45) is 0 Å². The summed E-state index contributed by atoms with van der Waals surface area (Å²) < 4.78 is 43.6. The lowest BCUT2D eigenvalue weighted by molar-refractivity contribution is -0.141. The van der Waals surface area contributed by atoms with E-state index >= 15 is 0 Å². The SMILES string of the molecule is CCOC(=O)c1cc(NC(=O)c2ccccc2)c(=O)[nH]c1C(F)(F)F. The van der Waals surface area contributed by atoms with Gasteiger partial charge in [0.15, 0.2) is 0 Å². The summed E-state index contributed by atoms with van der Waals surface area (Å²) in [5.41, 5.74) is -3.92. The first-order valence-electron chi connectivity index (χ1n) is 7.12. The molecule has 1 amide bonds. The fourth-order valence-corrected chi connectivity index (χ4v) is 2.00. The van der Waals surface area contributed by atoms with E-state index < -0.39 is 40.6 Å². The third-order valence-corrected chi connectivity index (χ3v) is 3.10. The van der Waals surface area contributed by atoms with E-state index in [1.807, 2.05) is 0 Å². The molecule has 0 atom stereocenters. The maximum Gasteiger partial charge on any atom is 0.432 e. The molecular formula is C16H13F3N2O4. The molecule has 6 nitrogen and oxygen atoms in total. The van der Waals surface area contributed by atoms with Crippen molar-refractivity contribution in [2.45, 2.75) is 13.1 Å². The number of amides is 1. The number of rotatable bonds is 4. The summed E-state index contributed by atoms with van der Waals surface area (Å²) in [5.74, 6) is -1.97. The number of carbonyl (C=O) groups is 2. The second-order valence-electron chi connectivity index (χ2n) is 4.84. The van der Waals surface area contributed by atoms with Crippen LogP contribution in [-0.2, 0) is 10.9 Å². The lowest BCUT2D eigenvalue weighted by Gasteiger charge is -2.13. The average molecular weight is 354 g/mol. The van der Waals surface area contributed by atoms with Gasteiger partial charge < -0.3 is 15.0 Å². The van der Waals surface area contributed by atoms with Crippen molar-refractivity contribution >= 4 is 17.6 Å². The zero-order valence-electron chi connectivity index (χ0n) is 12.9. The van der Waals surface area contributed by atoms with E-state index in [0.29, 0.717) is 6.07 Å². The van der Waals surface area contributed by atoms with Crippen LogP contribution in [0.25, 0.3) is 0 Å². The Morgan fingerprint density at radius 3 is 2.40 bits per heavy atom. The number of aromatic amines is 1. The summed E-state index contributed by atoms with van der Waals surface area (Å²) in [6, 6.07) is 8.40. The van der Waals surface area contributed by atoms with Gasteiger partial charge in [-0.1, -0.05) is 18.2 Å². The lowest BCUT2D eigenvalue weighted by atomic mass is 10.1. The number of H-pyrrole nitrogens is 1. The van der Waals surface area contributed by atoms with Crippen LogP contribution in [0.3, 0.4) is 0 Å². The molecule has 0 saturated carbocycles. The lowest BCUT2D eigenvalue weighted by Crippen LogP contribution is -2.26. The van der Waals surface area contributed by atoms with Gasteiger partial charge in [0, 0.05) is 5.56 Å². The Balaban J connectivity index is 2.46. The van der Waals surface area contributed by atoms with Gasteiger partial charge in [0.05, 0.1) is 12.2 Å². The number of anilines is 1. The van der Waals surface area contributed by atoms with Gasteiger partial charge in [0.25, 0.3) is 11.5 Å². The van der Waals surface area contributed by atoms with Gasteiger partial charge in [-0.25, -0.2) is 4.79 Å². The molecule has 0 radical (unpaired) electrons. The first kappa shape index (κ1) is 18.2. The van der Waals surface area contributed by atoms with Crippen molar-refractivity contribution in [1.82, 2.24) is 4.98 Å². The highest BCUT2D eigenvalue weighted by Crippen LogP contribution is 2.30. The molecule has 0 aliphatic carbocycles. The van der Waals surface area contributed by atoms with E-state index in [4.69, 9.17) is 0 Å². The molecule has 132 valence electrons. The quantitative estimate of drug-likeness (QED) is 0.827. The number of alkyl halides is 3. The van der Waals surface area contributed by atoms with Crippen LogP contribution >= 0.6 is 0 Å². The number of halogens is 3. The molecule has 0 bridgehead atoms.